The molecule has 1 N–H and O–H groups in total. The molecule has 0 aliphatic carbocycles. The van der Waals surface area contributed by atoms with Crippen molar-refractivity contribution >= 4 is 26.2 Å². The molecule has 0 radical (unpaired) electrons. The average molecular weight is 241 g/mol. The number of hydrogen-bond acceptors (Lipinski definition) is 4. The van der Waals surface area contributed by atoms with E-state index in [0.29, 0.717) is 0 Å². The lowest BCUT2D eigenvalue weighted by atomic mass is 10.2. The summed E-state index contributed by atoms with van der Waals surface area (Å²) < 4.78 is 9.14. The Morgan fingerprint density at radius 3 is 2.14 bits per heavy atom. The minimum absolute atomic E-state index is 0.0828. The summed E-state index contributed by atoms with van der Waals surface area (Å²) in [6.45, 7) is 9.82. The van der Waals surface area contributed by atoms with Crippen molar-refractivity contribution in [1.82, 2.24) is 0 Å². The Bertz CT molecular complexity index is 212. The first-order chi connectivity index (χ1) is 6.12. The summed E-state index contributed by atoms with van der Waals surface area (Å²) in [6, 6.07) is 0. The molecule has 14 heavy (non-hydrogen) atoms. The third-order valence-corrected chi connectivity index (χ3v) is 7.07. The highest BCUT2D eigenvalue weighted by atomic mass is 35.5. The Labute approximate surface area is 90.5 Å². The zero-order valence-electron chi connectivity index (χ0n) is 9.13. The van der Waals surface area contributed by atoms with Gasteiger partial charge in [0, 0.05) is 0 Å². The van der Waals surface area contributed by atoms with E-state index >= 15 is 0 Å². The minimum atomic E-state index is -2.16. The fourth-order valence-corrected chi connectivity index (χ4v) is 1.63. The molecule has 0 spiro atoms. The Morgan fingerprint density at radius 1 is 1.43 bits per heavy atom. The van der Waals surface area contributed by atoms with Crippen LogP contribution in [0.4, 0.5) is 0 Å². The summed E-state index contributed by atoms with van der Waals surface area (Å²) in [5.74, 6) is -0.975. The molecule has 6 heteroatoms. The average Bonchev–Trinajstić information content (AvgIpc) is 2.00. The highest BCUT2D eigenvalue weighted by molar-refractivity contribution is 6.74. The van der Waals surface area contributed by atoms with E-state index in [-0.39, 0.29) is 5.04 Å². The minimum Gasteiger partial charge on any atom is -0.384 e. The zero-order valence-corrected chi connectivity index (χ0v) is 10.9. The maximum atomic E-state index is 10.8. The first kappa shape index (κ1) is 13.9. The fourth-order valence-electron chi connectivity index (χ4n) is 0.542. The summed E-state index contributed by atoms with van der Waals surface area (Å²) in [4.78, 5) is 10.8. The van der Waals surface area contributed by atoms with Crippen LogP contribution in [0.1, 0.15) is 20.8 Å². The van der Waals surface area contributed by atoms with Crippen molar-refractivity contribution in [1.29, 1.82) is 0 Å². The second kappa shape index (κ2) is 4.61. The summed E-state index contributed by atoms with van der Waals surface area (Å²) in [7, 11) is -2.16. The first-order valence-electron chi connectivity index (χ1n) is 4.30. The smallest absolute Gasteiger partial charge is 0.380 e. The van der Waals surface area contributed by atoms with E-state index in [2.05, 4.69) is 4.29 Å². The highest BCUT2D eigenvalue weighted by Crippen LogP contribution is 2.37. The number of hydrogen-bond donors (Lipinski definition) is 1. The SMILES string of the molecule is CC(C)(C)[Si](C)(C)OC(O)C(=O)OCl. The van der Waals surface area contributed by atoms with Crippen LogP contribution in [0.3, 0.4) is 0 Å². The van der Waals surface area contributed by atoms with Crippen LogP contribution in [-0.4, -0.2) is 25.7 Å². The third-order valence-electron chi connectivity index (χ3n) is 2.49. The molecule has 84 valence electrons. The molecule has 0 aliphatic rings. The van der Waals surface area contributed by atoms with Crippen LogP contribution in [0.5, 0.6) is 0 Å². The Balaban J connectivity index is 4.44. The van der Waals surface area contributed by atoms with Crippen molar-refractivity contribution in [3.8, 4) is 0 Å². The Kier molecular flexibility index (Phi) is 4.58. The molecule has 1 atom stereocenters. The predicted octanol–water partition coefficient (Wildman–Crippen LogP) is 2.02. The molecule has 0 aromatic rings. The van der Waals surface area contributed by atoms with E-state index in [1.807, 2.05) is 33.9 Å². The molecule has 1 unspecified atom stereocenters. The molecule has 0 fully saturated rings. The fraction of sp³-hybridized carbons (Fsp3) is 0.875. The van der Waals surface area contributed by atoms with Crippen LogP contribution < -0.4 is 0 Å². The lowest BCUT2D eigenvalue weighted by molar-refractivity contribution is -0.160. The van der Waals surface area contributed by atoms with Gasteiger partial charge < -0.3 is 13.8 Å². The van der Waals surface area contributed by atoms with Gasteiger partial charge in [-0.1, -0.05) is 20.8 Å². The van der Waals surface area contributed by atoms with E-state index < -0.39 is 20.6 Å². The molecule has 0 heterocycles. The van der Waals surface area contributed by atoms with Gasteiger partial charge in [-0.2, -0.15) is 0 Å². The third kappa shape index (κ3) is 3.57. The van der Waals surface area contributed by atoms with Gasteiger partial charge in [0.25, 0.3) is 0 Å². The Hall–Kier alpha value is -0.103. The molecule has 0 aromatic heterocycles. The maximum absolute atomic E-state index is 10.8. The van der Waals surface area contributed by atoms with Crippen LogP contribution in [-0.2, 0) is 13.5 Å². The van der Waals surface area contributed by atoms with Crippen LogP contribution in [0.2, 0.25) is 18.1 Å². The topological polar surface area (TPSA) is 55.8 Å². The van der Waals surface area contributed by atoms with E-state index in [9.17, 15) is 9.90 Å². The lowest BCUT2D eigenvalue weighted by Crippen LogP contribution is -2.46. The molecule has 0 aromatic carbocycles. The van der Waals surface area contributed by atoms with Crippen molar-refractivity contribution in [3.05, 3.63) is 0 Å². The molecule has 0 amide bonds. The summed E-state index contributed by atoms with van der Waals surface area (Å²) in [6.07, 6.45) is -1.59. The van der Waals surface area contributed by atoms with Gasteiger partial charge >= 0.3 is 5.97 Å². The number of carbonyl (C=O) groups is 1. The predicted molar refractivity (Wildman–Crippen MR) is 56.2 cm³/mol. The van der Waals surface area contributed by atoms with Crippen LogP contribution >= 0.6 is 11.9 Å². The number of carbonyl (C=O) groups excluding carboxylic acids is 1. The van der Waals surface area contributed by atoms with E-state index in [4.69, 9.17) is 16.3 Å². The molecule has 0 saturated carbocycles. The van der Waals surface area contributed by atoms with Gasteiger partial charge in [0.1, 0.15) is 11.9 Å². The van der Waals surface area contributed by atoms with Gasteiger partial charge in [-0.15, -0.1) is 0 Å². The van der Waals surface area contributed by atoms with Crippen molar-refractivity contribution in [2.75, 3.05) is 0 Å². The summed E-state index contributed by atoms with van der Waals surface area (Å²) in [5, 5.41) is 9.19. The molecule has 4 nitrogen and oxygen atoms in total. The van der Waals surface area contributed by atoms with Crippen LogP contribution in [0.25, 0.3) is 0 Å². The van der Waals surface area contributed by atoms with E-state index in [1.54, 1.807) is 0 Å². The maximum Gasteiger partial charge on any atom is 0.380 e. The highest BCUT2D eigenvalue weighted by Gasteiger charge is 2.40. The van der Waals surface area contributed by atoms with Gasteiger partial charge in [0.05, 0.1) is 0 Å². The number of rotatable bonds is 3. The van der Waals surface area contributed by atoms with Crippen molar-refractivity contribution in [2.24, 2.45) is 0 Å². The molecule has 0 rings (SSSR count). The normalized spacial score (nSPS) is 15.1. The molecule has 0 bridgehead atoms. The lowest BCUT2D eigenvalue weighted by Gasteiger charge is -2.36. The summed E-state index contributed by atoms with van der Waals surface area (Å²) in [5.41, 5.74) is 0. The second-order valence-corrected chi connectivity index (χ2v) is 9.54. The van der Waals surface area contributed by atoms with Gasteiger partial charge in [-0.25, -0.2) is 4.79 Å². The van der Waals surface area contributed by atoms with Gasteiger partial charge in [0.15, 0.2) is 8.32 Å². The molecular formula is C8H17ClO4Si. The standard InChI is InChI=1S/C8H17ClO4Si/c1-8(2,3)14(4,5)13-7(11)6(10)12-9/h7,11H,1-5H3. The number of aliphatic hydroxyl groups is 1. The zero-order chi connectivity index (χ0) is 11.6. The van der Waals surface area contributed by atoms with E-state index in [1.165, 1.54) is 0 Å². The number of aliphatic hydroxyl groups excluding tert-OH is 1. The summed E-state index contributed by atoms with van der Waals surface area (Å²) >= 11 is 4.82. The monoisotopic (exact) mass is 240 g/mol. The second-order valence-electron chi connectivity index (χ2n) is 4.63. The van der Waals surface area contributed by atoms with Crippen LogP contribution in [0.15, 0.2) is 0 Å². The number of halogens is 1. The quantitative estimate of drug-likeness (QED) is 0.606. The molecule has 0 saturated heterocycles. The largest absolute Gasteiger partial charge is 0.384 e. The van der Waals surface area contributed by atoms with Gasteiger partial charge in [0.2, 0.25) is 6.29 Å². The van der Waals surface area contributed by atoms with Crippen molar-refractivity contribution in [3.63, 3.8) is 0 Å². The van der Waals surface area contributed by atoms with Crippen molar-refractivity contribution in [2.45, 2.75) is 45.2 Å². The van der Waals surface area contributed by atoms with Gasteiger partial charge in [-0.3, -0.25) is 0 Å². The molecule has 0 aliphatic heterocycles. The Morgan fingerprint density at radius 2 is 1.86 bits per heavy atom. The molecular weight excluding hydrogens is 224 g/mol. The first-order valence-corrected chi connectivity index (χ1v) is 7.52. The van der Waals surface area contributed by atoms with Crippen molar-refractivity contribution < 1.29 is 18.6 Å². The van der Waals surface area contributed by atoms with Gasteiger partial charge in [-0.05, 0) is 18.1 Å². The van der Waals surface area contributed by atoms with Crippen LogP contribution in [0, 0.1) is 0 Å². The van der Waals surface area contributed by atoms with E-state index in [0.717, 1.165) is 0 Å².